The van der Waals surface area contributed by atoms with Crippen LogP contribution in [0.5, 0.6) is 0 Å². The molecule has 100 valence electrons. The van der Waals surface area contributed by atoms with Gasteiger partial charge in [-0.2, -0.15) is 0 Å². The molecule has 2 nitrogen and oxygen atoms in total. The maximum atomic E-state index is 5.43. The third kappa shape index (κ3) is 4.41. The lowest BCUT2D eigenvalue weighted by Gasteiger charge is -2.24. The minimum atomic E-state index is -1.07. The van der Waals surface area contributed by atoms with Crippen LogP contribution in [-0.4, -0.2) is 46.3 Å². The van der Waals surface area contributed by atoms with Crippen molar-refractivity contribution in [1.82, 2.24) is 4.90 Å². The monoisotopic (exact) mass is 263 g/mol. The molecule has 18 heavy (non-hydrogen) atoms. The second-order valence-electron chi connectivity index (χ2n) is 4.51. The Labute approximate surface area is 113 Å². The first-order chi connectivity index (χ1) is 8.74. The molecule has 1 aromatic carbocycles. The summed E-state index contributed by atoms with van der Waals surface area (Å²) in [7, 11) is 0.734. The number of nitrogens with zero attached hydrogens (tertiary/aromatic N) is 1. The molecule has 0 aliphatic heterocycles. The van der Waals surface area contributed by atoms with Gasteiger partial charge in [-0.3, -0.25) is 0 Å². The summed E-state index contributed by atoms with van der Waals surface area (Å²) >= 11 is 0. The van der Waals surface area contributed by atoms with Gasteiger partial charge in [0.05, 0.1) is 0 Å². The largest absolute Gasteiger partial charge is 0.388 e. The smallest absolute Gasteiger partial charge is 0.114 e. The Morgan fingerprint density at radius 3 is 2.61 bits per heavy atom. The third-order valence-electron chi connectivity index (χ3n) is 3.36. The molecule has 0 aliphatic carbocycles. The Morgan fingerprint density at radius 1 is 1.33 bits per heavy atom. The number of methoxy groups -OCH3 is 1. The summed E-state index contributed by atoms with van der Waals surface area (Å²) in [5.74, 6) is 0. The van der Waals surface area contributed by atoms with Crippen molar-refractivity contribution in [3.8, 4) is 0 Å². The quantitative estimate of drug-likeness (QED) is 0.664. The molecule has 0 N–H and O–H groups in total. The SMILES string of the molecule is C=Cc1cccc([SiH](COC)CN(CC)CC)c1. The molecule has 3 heteroatoms. The second kappa shape index (κ2) is 8.24. The minimum Gasteiger partial charge on any atom is -0.388 e. The average Bonchev–Trinajstić information content (AvgIpc) is 2.43. The van der Waals surface area contributed by atoms with Crippen LogP contribution in [0.3, 0.4) is 0 Å². The van der Waals surface area contributed by atoms with Gasteiger partial charge in [0.25, 0.3) is 0 Å². The van der Waals surface area contributed by atoms with E-state index in [1.807, 2.05) is 6.08 Å². The van der Waals surface area contributed by atoms with Crippen molar-refractivity contribution in [3.63, 3.8) is 0 Å². The molecule has 1 atom stereocenters. The van der Waals surface area contributed by atoms with Crippen molar-refractivity contribution in [2.45, 2.75) is 13.8 Å². The van der Waals surface area contributed by atoms with Gasteiger partial charge in [0.2, 0.25) is 0 Å². The van der Waals surface area contributed by atoms with E-state index in [-0.39, 0.29) is 0 Å². The van der Waals surface area contributed by atoms with Gasteiger partial charge < -0.3 is 9.64 Å². The predicted molar refractivity (Wildman–Crippen MR) is 83.0 cm³/mol. The van der Waals surface area contributed by atoms with Crippen LogP contribution in [0.2, 0.25) is 0 Å². The van der Waals surface area contributed by atoms with Gasteiger partial charge in [-0.05, 0) is 24.8 Å². The number of hydrogen-bond donors (Lipinski definition) is 0. The first kappa shape index (κ1) is 15.2. The first-order valence-electron chi connectivity index (χ1n) is 6.68. The summed E-state index contributed by atoms with van der Waals surface area (Å²) in [6.07, 6.45) is 4.00. The minimum absolute atomic E-state index is 0.900. The fourth-order valence-electron chi connectivity index (χ4n) is 2.19. The van der Waals surface area contributed by atoms with Gasteiger partial charge in [0.1, 0.15) is 8.80 Å². The normalized spacial score (nSPS) is 12.7. The van der Waals surface area contributed by atoms with E-state index in [1.165, 1.54) is 16.9 Å². The van der Waals surface area contributed by atoms with Crippen molar-refractivity contribution in [1.29, 1.82) is 0 Å². The molecule has 0 saturated heterocycles. The van der Waals surface area contributed by atoms with Crippen LogP contribution < -0.4 is 5.19 Å². The van der Waals surface area contributed by atoms with E-state index in [1.54, 1.807) is 7.11 Å². The molecule has 0 bridgehead atoms. The van der Waals surface area contributed by atoms with E-state index in [0.717, 1.165) is 19.3 Å². The molecule has 1 aromatic rings. The van der Waals surface area contributed by atoms with E-state index in [2.05, 4.69) is 49.6 Å². The molecule has 0 aliphatic rings. The Hall–Kier alpha value is -0.903. The van der Waals surface area contributed by atoms with Crippen LogP contribution in [0.4, 0.5) is 0 Å². The Morgan fingerprint density at radius 2 is 2.06 bits per heavy atom. The van der Waals surface area contributed by atoms with Gasteiger partial charge in [-0.1, -0.05) is 56.0 Å². The zero-order chi connectivity index (χ0) is 13.4. The molecular weight excluding hydrogens is 238 g/mol. The van der Waals surface area contributed by atoms with Crippen molar-refractivity contribution in [3.05, 3.63) is 36.4 Å². The first-order valence-corrected chi connectivity index (χ1v) is 8.89. The lowest BCUT2D eigenvalue weighted by atomic mass is 10.2. The van der Waals surface area contributed by atoms with Crippen LogP contribution in [0.1, 0.15) is 19.4 Å². The van der Waals surface area contributed by atoms with Crippen LogP contribution in [0.15, 0.2) is 30.8 Å². The molecular formula is C15H25NOSi. The molecule has 0 spiro atoms. The predicted octanol–water partition coefficient (Wildman–Crippen LogP) is 1.83. The fourth-order valence-corrected chi connectivity index (χ4v) is 5.05. The topological polar surface area (TPSA) is 12.5 Å². The van der Waals surface area contributed by atoms with E-state index < -0.39 is 8.80 Å². The van der Waals surface area contributed by atoms with Crippen molar-refractivity contribution < 1.29 is 4.74 Å². The van der Waals surface area contributed by atoms with Gasteiger partial charge in [0, 0.05) is 13.3 Å². The summed E-state index contributed by atoms with van der Waals surface area (Å²) in [5, 5.41) is 1.47. The lowest BCUT2D eigenvalue weighted by molar-refractivity contribution is 0.245. The van der Waals surface area contributed by atoms with Crippen LogP contribution in [0.25, 0.3) is 6.08 Å². The summed E-state index contributed by atoms with van der Waals surface area (Å²) in [6, 6.07) is 8.75. The zero-order valence-electron chi connectivity index (χ0n) is 11.9. The molecule has 0 heterocycles. The average molecular weight is 263 g/mol. The summed E-state index contributed by atoms with van der Waals surface area (Å²) in [5.41, 5.74) is 1.21. The number of hydrogen-bond acceptors (Lipinski definition) is 2. The van der Waals surface area contributed by atoms with E-state index in [9.17, 15) is 0 Å². The highest BCUT2D eigenvalue weighted by atomic mass is 28.3. The highest BCUT2D eigenvalue weighted by molar-refractivity contribution is 6.73. The molecule has 0 aromatic heterocycles. The lowest BCUT2D eigenvalue weighted by Crippen LogP contribution is -2.46. The number of benzene rings is 1. The van der Waals surface area contributed by atoms with Crippen molar-refractivity contribution in [2.24, 2.45) is 0 Å². The van der Waals surface area contributed by atoms with E-state index in [4.69, 9.17) is 4.74 Å². The Kier molecular flexibility index (Phi) is 6.94. The standard InChI is InChI=1S/C15H25NOSi/c1-5-14-9-8-10-15(11-14)18(13-17-4)12-16(6-2)7-3/h5,8-11,18H,1,6-7,12-13H2,2-4H3. The Bertz CT molecular complexity index is 363. The molecule has 0 saturated carbocycles. The van der Waals surface area contributed by atoms with E-state index >= 15 is 0 Å². The summed E-state index contributed by atoms with van der Waals surface area (Å²) < 4.78 is 5.43. The second-order valence-corrected chi connectivity index (χ2v) is 7.27. The molecule has 1 rings (SSSR count). The third-order valence-corrected chi connectivity index (χ3v) is 6.35. The van der Waals surface area contributed by atoms with E-state index in [0.29, 0.717) is 0 Å². The van der Waals surface area contributed by atoms with Gasteiger partial charge in [-0.15, -0.1) is 0 Å². The van der Waals surface area contributed by atoms with Crippen LogP contribution in [0, 0.1) is 0 Å². The molecule has 0 radical (unpaired) electrons. The van der Waals surface area contributed by atoms with Gasteiger partial charge >= 0.3 is 0 Å². The van der Waals surface area contributed by atoms with Crippen LogP contribution in [-0.2, 0) is 4.74 Å². The number of ether oxygens (including phenoxy) is 1. The zero-order valence-corrected chi connectivity index (χ0v) is 13.0. The van der Waals surface area contributed by atoms with Gasteiger partial charge in [-0.25, -0.2) is 0 Å². The maximum absolute atomic E-state index is 5.43. The van der Waals surface area contributed by atoms with Crippen molar-refractivity contribution >= 4 is 20.1 Å². The van der Waals surface area contributed by atoms with Crippen LogP contribution >= 0.6 is 0 Å². The molecule has 1 unspecified atom stereocenters. The summed E-state index contributed by atoms with van der Waals surface area (Å²) in [6.45, 7) is 10.5. The maximum Gasteiger partial charge on any atom is 0.114 e. The summed E-state index contributed by atoms with van der Waals surface area (Å²) in [4.78, 5) is 2.50. The molecule has 0 amide bonds. The fraction of sp³-hybridized carbons (Fsp3) is 0.467. The highest BCUT2D eigenvalue weighted by Gasteiger charge is 2.16. The molecule has 0 fully saturated rings. The van der Waals surface area contributed by atoms with Gasteiger partial charge in [0.15, 0.2) is 0 Å². The van der Waals surface area contributed by atoms with Crippen molar-refractivity contribution in [2.75, 3.05) is 32.6 Å². The highest BCUT2D eigenvalue weighted by Crippen LogP contribution is 2.01. The number of rotatable bonds is 8. The Balaban J connectivity index is 2.85.